The number of carbonyl (C=O) groups is 1. The molecule has 0 aliphatic rings. The standard InChI is InChI=1S/C22H25N5O2S2/c1-5-27(6-2)22-25-21-17(31-22)13-16(30-21)20(28)24-18(19-23-11-12-26(19)3)14-7-9-15(29-4)10-8-14/h7-13,18H,5-6H2,1-4H3,(H,24,28). The SMILES string of the molecule is CCN(CC)c1nc2sc(C(=O)NC(c3ccc(OC)cc3)c3nccn3C)cc2s1. The van der Waals surface area contributed by atoms with Crippen LogP contribution in [0, 0.1) is 0 Å². The zero-order chi connectivity index (χ0) is 22.0. The molecular weight excluding hydrogens is 430 g/mol. The second kappa shape index (κ2) is 9.07. The summed E-state index contributed by atoms with van der Waals surface area (Å²) < 4.78 is 8.22. The number of nitrogens with zero attached hydrogens (tertiary/aromatic N) is 4. The molecule has 0 spiro atoms. The van der Waals surface area contributed by atoms with E-state index >= 15 is 0 Å². The van der Waals surface area contributed by atoms with Gasteiger partial charge in [-0.15, -0.1) is 11.3 Å². The molecule has 0 radical (unpaired) electrons. The van der Waals surface area contributed by atoms with Crippen molar-refractivity contribution in [3.8, 4) is 5.75 Å². The molecule has 7 nitrogen and oxygen atoms in total. The molecule has 1 amide bonds. The Balaban J connectivity index is 1.61. The van der Waals surface area contributed by atoms with Crippen molar-refractivity contribution >= 4 is 43.2 Å². The molecule has 162 valence electrons. The molecule has 1 unspecified atom stereocenters. The number of imidazole rings is 1. The van der Waals surface area contributed by atoms with E-state index in [2.05, 4.69) is 29.0 Å². The van der Waals surface area contributed by atoms with Crippen LogP contribution < -0.4 is 15.0 Å². The van der Waals surface area contributed by atoms with Gasteiger partial charge in [0, 0.05) is 32.5 Å². The number of aryl methyl sites for hydroxylation is 1. The van der Waals surface area contributed by atoms with Crippen LogP contribution in [0.3, 0.4) is 0 Å². The number of methoxy groups -OCH3 is 1. The topological polar surface area (TPSA) is 72.3 Å². The number of nitrogens with one attached hydrogen (secondary N) is 1. The van der Waals surface area contributed by atoms with Crippen LogP contribution >= 0.6 is 22.7 Å². The molecule has 0 fully saturated rings. The molecule has 0 bridgehead atoms. The largest absolute Gasteiger partial charge is 0.497 e. The quantitative estimate of drug-likeness (QED) is 0.425. The van der Waals surface area contributed by atoms with Crippen molar-refractivity contribution in [3.63, 3.8) is 0 Å². The Hall–Kier alpha value is -2.91. The molecule has 9 heteroatoms. The highest BCUT2D eigenvalue weighted by molar-refractivity contribution is 7.29. The Morgan fingerprint density at radius 1 is 1.23 bits per heavy atom. The molecule has 31 heavy (non-hydrogen) atoms. The van der Waals surface area contributed by atoms with Crippen LogP contribution in [0.4, 0.5) is 5.13 Å². The number of amides is 1. The van der Waals surface area contributed by atoms with Crippen molar-refractivity contribution < 1.29 is 9.53 Å². The molecule has 1 N–H and O–H groups in total. The van der Waals surface area contributed by atoms with Crippen LogP contribution in [0.2, 0.25) is 0 Å². The Kier molecular flexibility index (Phi) is 6.24. The van der Waals surface area contributed by atoms with E-state index in [0.29, 0.717) is 4.88 Å². The molecule has 0 aliphatic heterocycles. The van der Waals surface area contributed by atoms with Gasteiger partial charge in [0.15, 0.2) is 5.13 Å². The summed E-state index contributed by atoms with van der Waals surface area (Å²) >= 11 is 3.05. The monoisotopic (exact) mass is 455 g/mol. The third-order valence-electron chi connectivity index (χ3n) is 5.18. The van der Waals surface area contributed by atoms with Gasteiger partial charge in [-0.3, -0.25) is 4.79 Å². The van der Waals surface area contributed by atoms with Crippen LogP contribution in [0.1, 0.15) is 40.9 Å². The van der Waals surface area contributed by atoms with E-state index in [9.17, 15) is 4.79 Å². The maximum Gasteiger partial charge on any atom is 0.262 e. The fourth-order valence-electron chi connectivity index (χ4n) is 3.42. The summed E-state index contributed by atoms with van der Waals surface area (Å²) in [5.41, 5.74) is 0.934. The van der Waals surface area contributed by atoms with Crippen molar-refractivity contribution in [2.45, 2.75) is 19.9 Å². The number of anilines is 1. The van der Waals surface area contributed by atoms with Gasteiger partial charge in [-0.05, 0) is 37.6 Å². The van der Waals surface area contributed by atoms with Crippen molar-refractivity contribution in [2.75, 3.05) is 25.1 Å². The van der Waals surface area contributed by atoms with E-state index in [0.717, 1.165) is 44.9 Å². The average Bonchev–Trinajstić information content (AvgIpc) is 3.48. The van der Waals surface area contributed by atoms with Gasteiger partial charge in [0.05, 0.1) is 16.7 Å². The summed E-state index contributed by atoms with van der Waals surface area (Å²) in [6, 6.07) is 9.22. The number of thiazole rings is 1. The summed E-state index contributed by atoms with van der Waals surface area (Å²) in [5.74, 6) is 1.39. The summed E-state index contributed by atoms with van der Waals surface area (Å²) in [7, 11) is 3.56. The number of ether oxygens (including phenoxy) is 1. The van der Waals surface area contributed by atoms with Crippen LogP contribution in [0.25, 0.3) is 9.53 Å². The normalized spacial score (nSPS) is 12.1. The lowest BCUT2D eigenvalue weighted by Gasteiger charge is -2.19. The minimum Gasteiger partial charge on any atom is -0.497 e. The fourth-order valence-corrected chi connectivity index (χ4v) is 5.66. The van der Waals surface area contributed by atoms with Crippen LogP contribution in [-0.2, 0) is 7.05 Å². The summed E-state index contributed by atoms with van der Waals surface area (Å²) in [5, 5.41) is 4.16. The zero-order valence-electron chi connectivity index (χ0n) is 18.0. The summed E-state index contributed by atoms with van der Waals surface area (Å²) in [6.07, 6.45) is 3.61. The van der Waals surface area contributed by atoms with Crippen molar-refractivity contribution in [1.82, 2.24) is 19.9 Å². The smallest absolute Gasteiger partial charge is 0.262 e. The molecule has 3 aromatic heterocycles. The third-order valence-corrected chi connectivity index (χ3v) is 7.40. The summed E-state index contributed by atoms with van der Waals surface area (Å²) in [6.45, 7) is 6.07. The van der Waals surface area contributed by atoms with E-state index in [-0.39, 0.29) is 11.9 Å². The first-order valence-electron chi connectivity index (χ1n) is 10.1. The number of rotatable bonds is 8. The molecule has 0 saturated heterocycles. The first-order valence-corrected chi connectivity index (χ1v) is 11.7. The number of fused-ring (bicyclic) bond motifs is 1. The Labute approximate surface area is 189 Å². The van der Waals surface area contributed by atoms with Gasteiger partial charge in [-0.1, -0.05) is 23.5 Å². The highest BCUT2D eigenvalue weighted by Crippen LogP contribution is 2.35. The van der Waals surface area contributed by atoms with Crippen LogP contribution in [0.15, 0.2) is 42.7 Å². The minimum atomic E-state index is -0.377. The number of thiophene rings is 1. The Morgan fingerprint density at radius 3 is 2.55 bits per heavy atom. The van der Waals surface area contributed by atoms with Gasteiger partial charge in [-0.2, -0.15) is 0 Å². The van der Waals surface area contributed by atoms with Gasteiger partial charge < -0.3 is 19.5 Å². The first kappa shape index (κ1) is 21.3. The van der Waals surface area contributed by atoms with Crippen molar-refractivity contribution in [1.29, 1.82) is 0 Å². The third kappa shape index (κ3) is 4.28. The van der Waals surface area contributed by atoms with E-state index in [1.165, 1.54) is 11.3 Å². The highest BCUT2D eigenvalue weighted by atomic mass is 32.1. The Bertz CT molecular complexity index is 1140. The highest BCUT2D eigenvalue weighted by Gasteiger charge is 2.23. The lowest BCUT2D eigenvalue weighted by atomic mass is 10.1. The van der Waals surface area contributed by atoms with Gasteiger partial charge >= 0.3 is 0 Å². The average molecular weight is 456 g/mol. The lowest BCUT2D eigenvalue weighted by Crippen LogP contribution is -2.30. The molecule has 4 rings (SSSR count). The second-order valence-electron chi connectivity index (χ2n) is 7.02. The van der Waals surface area contributed by atoms with Crippen molar-refractivity contribution in [2.24, 2.45) is 7.05 Å². The van der Waals surface area contributed by atoms with E-state index in [1.54, 1.807) is 24.6 Å². The molecular formula is C22H25N5O2S2. The first-order chi connectivity index (χ1) is 15.0. The fraction of sp³-hybridized carbons (Fsp3) is 0.318. The predicted octanol–water partition coefficient (Wildman–Crippen LogP) is 4.47. The zero-order valence-corrected chi connectivity index (χ0v) is 19.6. The predicted molar refractivity (Wildman–Crippen MR) is 127 cm³/mol. The van der Waals surface area contributed by atoms with Crippen LogP contribution in [-0.4, -0.2) is 40.6 Å². The minimum absolute atomic E-state index is 0.136. The van der Waals surface area contributed by atoms with Crippen molar-refractivity contribution in [3.05, 3.63) is 59.0 Å². The maximum absolute atomic E-state index is 13.2. The molecule has 0 saturated carbocycles. The number of carbonyl (C=O) groups excluding carboxylic acids is 1. The van der Waals surface area contributed by atoms with E-state index in [4.69, 9.17) is 9.72 Å². The molecule has 1 aromatic carbocycles. The molecule has 0 aliphatic carbocycles. The Morgan fingerprint density at radius 2 is 1.97 bits per heavy atom. The van der Waals surface area contributed by atoms with Gasteiger partial charge in [0.2, 0.25) is 0 Å². The maximum atomic E-state index is 13.2. The van der Waals surface area contributed by atoms with E-state index in [1.807, 2.05) is 48.1 Å². The van der Waals surface area contributed by atoms with Gasteiger partial charge in [0.1, 0.15) is 22.4 Å². The van der Waals surface area contributed by atoms with E-state index < -0.39 is 0 Å². The number of hydrogen-bond acceptors (Lipinski definition) is 7. The van der Waals surface area contributed by atoms with Crippen LogP contribution in [0.5, 0.6) is 5.75 Å². The number of aromatic nitrogens is 3. The molecule has 4 aromatic rings. The lowest BCUT2D eigenvalue weighted by molar-refractivity contribution is 0.0945. The summed E-state index contributed by atoms with van der Waals surface area (Å²) in [4.78, 5) is 26.1. The van der Waals surface area contributed by atoms with Gasteiger partial charge in [0.25, 0.3) is 5.91 Å². The van der Waals surface area contributed by atoms with Gasteiger partial charge in [-0.25, -0.2) is 9.97 Å². The second-order valence-corrected chi connectivity index (χ2v) is 9.06. The molecule has 3 heterocycles. The molecule has 1 atom stereocenters. The number of hydrogen-bond donors (Lipinski definition) is 1. The number of benzene rings is 1.